The van der Waals surface area contributed by atoms with Crippen LogP contribution in [-0.2, 0) is 11.0 Å². The van der Waals surface area contributed by atoms with Gasteiger partial charge in [0.15, 0.2) is 11.5 Å². The van der Waals surface area contributed by atoms with E-state index in [-0.39, 0.29) is 48.9 Å². The van der Waals surface area contributed by atoms with Crippen LogP contribution in [0.2, 0.25) is 0 Å². The normalized spacial score (nSPS) is 32.9. The molecule has 0 atom stereocenters. The predicted molar refractivity (Wildman–Crippen MR) is 174 cm³/mol. The maximum Gasteiger partial charge on any atom is 0.434 e. The van der Waals surface area contributed by atoms with Crippen LogP contribution in [0.4, 0.5) is 22.0 Å². The molecule has 4 bridgehead atoms. The summed E-state index contributed by atoms with van der Waals surface area (Å²) in [6, 6.07) is 5.74. The van der Waals surface area contributed by atoms with Gasteiger partial charge in [0, 0.05) is 41.5 Å². The van der Waals surface area contributed by atoms with Gasteiger partial charge in [0.25, 0.3) is 11.8 Å². The Labute approximate surface area is 290 Å². The van der Waals surface area contributed by atoms with E-state index in [9.17, 15) is 36.6 Å². The monoisotopic (exact) mass is 713 g/mol. The molecule has 6 saturated carbocycles. The number of carboxylic acid groups (broad SMARTS) is 1. The van der Waals surface area contributed by atoms with Crippen molar-refractivity contribution in [3.05, 3.63) is 41.9 Å². The van der Waals surface area contributed by atoms with Crippen molar-refractivity contribution in [1.29, 1.82) is 0 Å². The average molecular weight is 714 g/mol. The van der Waals surface area contributed by atoms with Gasteiger partial charge in [-0.25, -0.2) is 23.5 Å². The van der Waals surface area contributed by atoms with E-state index >= 15 is 0 Å². The van der Waals surface area contributed by atoms with Crippen molar-refractivity contribution in [3.63, 3.8) is 0 Å². The predicted octanol–water partition coefficient (Wildman–Crippen LogP) is 7.10. The molecule has 2 N–H and O–H groups in total. The van der Waals surface area contributed by atoms with Crippen LogP contribution in [0.5, 0.6) is 5.75 Å². The molecular weight excluding hydrogens is 673 g/mol. The molecular formula is C37H40F5N5O4. The molecule has 7 aliphatic rings. The van der Waals surface area contributed by atoms with E-state index in [0.717, 1.165) is 56.7 Å². The number of amides is 1. The lowest BCUT2D eigenvalue weighted by Crippen LogP contribution is -2.70. The topological polar surface area (TPSA) is 110 Å². The van der Waals surface area contributed by atoms with Gasteiger partial charge in [-0.1, -0.05) is 0 Å². The van der Waals surface area contributed by atoms with E-state index in [1.165, 1.54) is 0 Å². The van der Waals surface area contributed by atoms with Crippen molar-refractivity contribution in [2.24, 2.45) is 23.7 Å². The summed E-state index contributed by atoms with van der Waals surface area (Å²) in [6.45, 7) is -0.366. The third kappa shape index (κ3) is 5.66. The van der Waals surface area contributed by atoms with Crippen molar-refractivity contribution < 1.29 is 41.4 Å². The quantitative estimate of drug-likeness (QED) is 0.240. The maximum atomic E-state index is 14.6. The summed E-state index contributed by atoms with van der Waals surface area (Å²) in [5.41, 5.74) is -2.66. The number of carboxylic acids is 1. The number of hydrogen-bond acceptors (Lipinski definition) is 6. The summed E-state index contributed by atoms with van der Waals surface area (Å²) in [7, 11) is 0. The second-order valence-electron chi connectivity index (χ2n) is 16.1. The van der Waals surface area contributed by atoms with Crippen molar-refractivity contribution >= 4 is 22.8 Å². The SMILES string of the molecule is O=C(NC1(C(=O)O)C2CC3CC(C2)CC1C3)c1cnc(-c2cn(C3CC3)c3cc(OC4CCC(N5CC(F)(F)C5)CC4)ccc23)nc1C(F)(F)F. The van der Waals surface area contributed by atoms with E-state index in [1.807, 2.05) is 15.5 Å². The number of halogens is 5. The van der Waals surface area contributed by atoms with Crippen LogP contribution in [-0.4, -0.2) is 73.1 Å². The molecule has 0 unspecified atom stereocenters. The first-order valence-electron chi connectivity index (χ1n) is 18.2. The van der Waals surface area contributed by atoms with Crippen LogP contribution in [0, 0.1) is 23.7 Å². The van der Waals surface area contributed by atoms with Crippen molar-refractivity contribution in [2.45, 2.75) is 106 Å². The third-order valence-corrected chi connectivity index (χ3v) is 12.7. The standard InChI is InChI=1S/C37H40F5N5O4/c38-35(39)17-46(18-35)23-3-5-25(6-4-23)51-26-7-8-27-29(16-47(24-1-2-24)30(27)14-26)32-43-15-28(31(44-32)37(40,41)42)33(48)45-36(34(49)50)21-10-19-9-20(12-21)13-22(36)11-19/h7-8,14-16,19-25H,1-6,9-13,17-18H2,(H,45,48)(H,49,50). The molecule has 3 heterocycles. The van der Waals surface area contributed by atoms with Gasteiger partial charge in [-0.3, -0.25) is 9.69 Å². The second kappa shape index (κ2) is 11.6. The number of aromatic nitrogens is 3. The Balaban J connectivity index is 0.982. The first-order valence-corrected chi connectivity index (χ1v) is 18.2. The summed E-state index contributed by atoms with van der Waals surface area (Å²) in [6.07, 6.45) is 6.02. The van der Waals surface area contributed by atoms with Crippen LogP contribution in [0.25, 0.3) is 22.3 Å². The molecule has 1 amide bonds. The van der Waals surface area contributed by atoms with Gasteiger partial charge in [-0.15, -0.1) is 0 Å². The highest BCUT2D eigenvalue weighted by Gasteiger charge is 2.62. The molecule has 1 aliphatic heterocycles. The summed E-state index contributed by atoms with van der Waals surface area (Å²) in [4.78, 5) is 36.5. The number of likely N-dealkylation sites (tertiary alicyclic amines) is 1. The fraction of sp³-hybridized carbons (Fsp3) is 0.622. The number of fused-ring (bicyclic) bond motifs is 1. The van der Waals surface area contributed by atoms with E-state index in [0.29, 0.717) is 54.2 Å². The van der Waals surface area contributed by atoms with Crippen molar-refractivity contribution in [3.8, 4) is 17.1 Å². The van der Waals surface area contributed by atoms with Gasteiger partial charge in [0.2, 0.25) is 0 Å². The Morgan fingerprint density at radius 3 is 2.16 bits per heavy atom. The number of carbonyl (C=O) groups excluding carboxylic acids is 1. The number of rotatable bonds is 8. The minimum Gasteiger partial charge on any atom is -0.490 e. The first kappa shape index (κ1) is 33.1. The number of carbonyl (C=O) groups is 2. The summed E-state index contributed by atoms with van der Waals surface area (Å²) in [5.74, 6) is -4.35. The highest BCUT2D eigenvalue weighted by atomic mass is 19.4. The van der Waals surface area contributed by atoms with Gasteiger partial charge >= 0.3 is 12.1 Å². The Morgan fingerprint density at radius 1 is 0.922 bits per heavy atom. The van der Waals surface area contributed by atoms with Crippen LogP contribution in [0.3, 0.4) is 0 Å². The summed E-state index contributed by atoms with van der Waals surface area (Å²) < 4.78 is 79.0. The third-order valence-electron chi connectivity index (χ3n) is 12.7. The van der Waals surface area contributed by atoms with Gasteiger partial charge in [0.1, 0.15) is 11.3 Å². The molecule has 1 aromatic carbocycles. The molecule has 2 aromatic heterocycles. The zero-order valence-corrected chi connectivity index (χ0v) is 28.0. The molecule has 51 heavy (non-hydrogen) atoms. The van der Waals surface area contributed by atoms with Crippen molar-refractivity contribution in [2.75, 3.05) is 13.1 Å². The van der Waals surface area contributed by atoms with E-state index in [1.54, 1.807) is 18.3 Å². The molecule has 9 nitrogen and oxygen atoms in total. The van der Waals surface area contributed by atoms with Crippen LogP contribution >= 0.6 is 0 Å². The Bertz CT molecular complexity index is 1860. The number of alkyl halides is 5. The first-order chi connectivity index (χ1) is 24.3. The lowest BCUT2D eigenvalue weighted by atomic mass is 9.48. The molecule has 7 fully saturated rings. The molecule has 1 saturated heterocycles. The highest BCUT2D eigenvalue weighted by Crippen LogP contribution is 2.58. The molecule has 0 spiro atoms. The molecule has 3 aromatic rings. The van der Waals surface area contributed by atoms with Crippen LogP contribution < -0.4 is 10.1 Å². The van der Waals surface area contributed by atoms with Crippen LogP contribution in [0.1, 0.15) is 92.7 Å². The summed E-state index contributed by atoms with van der Waals surface area (Å²) in [5, 5.41) is 13.7. The smallest absolute Gasteiger partial charge is 0.434 e. The molecule has 6 aliphatic carbocycles. The number of ether oxygens (including phenoxy) is 1. The number of nitrogens with one attached hydrogen (secondary N) is 1. The highest BCUT2D eigenvalue weighted by molar-refractivity contribution is 6.00. The van der Waals surface area contributed by atoms with Gasteiger partial charge in [-0.2, -0.15) is 13.2 Å². The largest absolute Gasteiger partial charge is 0.490 e. The maximum absolute atomic E-state index is 14.6. The molecule has 0 radical (unpaired) electrons. The number of nitrogens with zero attached hydrogens (tertiary/aromatic N) is 4. The number of hydrogen-bond donors (Lipinski definition) is 2. The average Bonchev–Trinajstić information content (AvgIpc) is 3.84. The molecule has 10 rings (SSSR count). The fourth-order valence-electron chi connectivity index (χ4n) is 10.3. The Hall–Kier alpha value is -3.81. The zero-order chi connectivity index (χ0) is 35.4. The summed E-state index contributed by atoms with van der Waals surface area (Å²) >= 11 is 0. The molecule has 272 valence electrons. The minimum absolute atomic E-state index is 0.0696. The number of aliphatic carboxylic acids is 1. The lowest BCUT2D eigenvalue weighted by Gasteiger charge is -2.59. The lowest BCUT2D eigenvalue weighted by molar-refractivity contribution is -0.163. The van der Waals surface area contributed by atoms with Gasteiger partial charge < -0.3 is 19.7 Å². The Kier molecular flexibility index (Phi) is 7.52. The van der Waals surface area contributed by atoms with E-state index in [2.05, 4.69) is 15.3 Å². The zero-order valence-electron chi connectivity index (χ0n) is 28.0. The molecule has 14 heteroatoms. The minimum atomic E-state index is -5.00. The van der Waals surface area contributed by atoms with Crippen LogP contribution in [0.15, 0.2) is 30.6 Å². The van der Waals surface area contributed by atoms with E-state index in [4.69, 9.17) is 4.74 Å². The fourth-order valence-corrected chi connectivity index (χ4v) is 10.3. The number of benzene rings is 1. The Morgan fingerprint density at radius 2 is 1.57 bits per heavy atom. The van der Waals surface area contributed by atoms with Gasteiger partial charge in [0.05, 0.1) is 30.3 Å². The van der Waals surface area contributed by atoms with Crippen molar-refractivity contribution in [1.82, 2.24) is 24.8 Å². The van der Waals surface area contributed by atoms with Gasteiger partial charge in [-0.05, 0) is 106 Å². The second-order valence-corrected chi connectivity index (χ2v) is 16.1. The van der Waals surface area contributed by atoms with E-state index < -0.39 is 40.8 Å².